The Morgan fingerprint density at radius 1 is 1.17 bits per heavy atom. The Bertz CT molecular complexity index is 228. The van der Waals surface area contributed by atoms with Crippen molar-refractivity contribution < 1.29 is 0 Å². The van der Waals surface area contributed by atoms with E-state index in [1.807, 2.05) is 0 Å². The van der Waals surface area contributed by atoms with Crippen LogP contribution in [0.4, 0.5) is 0 Å². The highest BCUT2D eigenvalue weighted by molar-refractivity contribution is 4.92. The molecule has 1 fully saturated rings. The Morgan fingerprint density at radius 3 is 2.22 bits per heavy atom. The van der Waals surface area contributed by atoms with E-state index in [2.05, 4.69) is 51.8 Å². The molecule has 18 heavy (non-hydrogen) atoms. The molecule has 0 amide bonds. The van der Waals surface area contributed by atoms with Crippen LogP contribution < -0.4 is 5.32 Å². The number of rotatable bonds is 5. The molecule has 0 saturated carbocycles. The normalized spacial score (nSPS) is 26.8. The lowest BCUT2D eigenvalue weighted by Gasteiger charge is -2.47. The molecule has 0 aliphatic carbocycles. The van der Waals surface area contributed by atoms with Gasteiger partial charge in [0.1, 0.15) is 0 Å². The van der Waals surface area contributed by atoms with E-state index in [4.69, 9.17) is 0 Å². The van der Waals surface area contributed by atoms with Crippen LogP contribution in [0.2, 0.25) is 0 Å². The van der Waals surface area contributed by atoms with E-state index >= 15 is 0 Å². The van der Waals surface area contributed by atoms with Gasteiger partial charge in [0.25, 0.3) is 0 Å². The van der Waals surface area contributed by atoms with Crippen molar-refractivity contribution >= 4 is 0 Å². The molecule has 0 aromatic carbocycles. The molecule has 1 saturated heterocycles. The quantitative estimate of drug-likeness (QED) is 0.807. The molecule has 2 nitrogen and oxygen atoms in total. The van der Waals surface area contributed by atoms with Crippen molar-refractivity contribution in [2.75, 3.05) is 19.6 Å². The molecule has 2 unspecified atom stereocenters. The van der Waals surface area contributed by atoms with Crippen molar-refractivity contribution in [3.05, 3.63) is 0 Å². The van der Waals surface area contributed by atoms with Gasteiger partial charge in [-0.2, -0.15) is 0 Å². The maximum absolute atomic E-state index is 3.72. The monoisotopic (exact) mass is 254 g/mol. The van der Waals surface area contributed by atoms with Crippen molar-refractivity contribution in [2.24, 2.45) is 11.3 Å². The summed E-state index contributed by atoms with van der Waals surface area (Å²) < 4.78 is 0. The second kappa shape index (κ2) is 6.91. The summed E-state index contributed by atoms with van der Waals surface area (Å²) in [5.74, 6) is 0.866. The van der Waals surface area contributed by atoms with Gasteiger partial charge < -0.3 is 5.32 Å². The number of hydrogen-bond donors (Lipinski definition) is 1. The second-order valence-electron chi connectivity index (χ2n) is 7.03. The van der Waals surface area contributed by atoms with Crippen molar-refractivity contribution in [1.82, 2.24) is 10.2 Å². The molecule has 2 heteroatoms. The molecule has 0 radical (unpaired) electrons. The van der Waals surface area contributed by atoms with E-state index < -0.39 is 0 Å². The maximum atomic E-state index is 3.72. The van der Waals surface area contributed by atoms with Crippen molar-refractivity contribution in [1.29, 1.82) is 0 Å². The summed E-state index contributed by atoms with van der Waals surface area (Å²) in [5, 5.41) is 3.72. The summed E-state index contributed by atoms with van der Waals surface area (Å²) in [6, 6.07) is 1.37. The predicted octanol–water partition coefficient (Wildman–Crippen LogP) is 3.52. The van der Waals surface area contributed by atoms with Gasteiger partial charge in [0.2, 0.25) is 0 Å². The van der Waals surface area contributed by atoms with Crippen LogP contribution in [0.15, 0.2) is 0 Å². The van der Waals surface area contributed by atoms with Gasteiger partial charge in [0, 0.05) is 31.7 Å². The molecule has 1 heterocycles. The van der Waals surface area contributed by atoms with Gasteiger partial charge in [0.15, 0.2) is 0 Å². The maximum Gasteiger partial charge on any atom is 0.0269 e. The third-order valence-electron chi connectivity index (χ3n) is 4.64. The van der Waals surface area contributed by atoms with E-state index in [0.29, 0.717) is 17.5 Å². The Hall–Kier alpha value is -0.0800. The largest absolute Gasteiger partial charge is 0.311 e. The van der Waals surface area contributed by atoms with E-state index in [1.165, 1.54) is 32.4 Å². The molecular weight excluding hydrogens is 220 g/mol. The minimum Gasteiger partial charge on any atom is -0.311 e. The lowest BCUT2D eigenvalue weighted by atomic mass is 9.83. The number of hydrogen-bond acceptors (Lipinski definition) is 2. The molecule has 2 atom stereocenters. The highest BCUT2D eigenvalue weighted by Gasteiger charge is 2.35. The second-order valence-corrected chi connectivity index (χ2v) is 7.03. The lowest BCUT2D eigenvalue weighted by molar-refractivity contribution is 0.0410. The first-order valence-corrected chi connectivity index (χ1v) is 7.89. The van der Waals surface area contributed by atoms with Crippen molar-refractivity contribution in [3.8, 4) is 0 Å². The summed E-state index contributed by atoms with van der Waals surface area (Å²) in [7, 11) is 0. The van der Waals surface area contributed by atoms with Gasteiger partial charge in [-0.3, -0.25) is 4.90 Å². The topological polar surface area (TPSA) is 15.3 Å². The van der Waals surface area contributed by atoms with Crippen LogP contribution in [0, 0.1) is 11.3 Å². The molecule has 1 rings (SSSR count). The first-order chi connectivity index (χ1) is 8.42. The van der Waals surface area contributed by atoms with Gasteiger partial charge in [-0.1, -0.05) is 54.4 Å². The summed E-state index contributed by atoms with van der Waals surface area (Å²) in [6.07, 6.45) is 3.87. The average molecular weight is 254 g/mol. The zero-order valence-electron chi connectivity index (χ0n) is 13.4. The van der Waals surface area contributed by atoms with Crippen LogP contribution in [0.5, 0.6) is 0 Å². The number of nitrogens with zero attached hydrogens (tertiary/aromatic N) is 1. The highest BCUT2D eigenvalue weighted by Crippen LogP contribution is 2.28. The fraction of sp³-hybridized carbons (Fsp3) is 1.00. The Labute approximate surface area is 115 Å². The van der Waals surface area contributed by atoms with Crippen LogP contribution >= 0.6 is 0 Å². The molecule has 108 valence electrons. The van der Waals surface area contributed by atoms with Crippen molar-refractivity contribution in [3.63, 3.8) is 0 Å². The lowest BCUT2D eigenvalue weighted by Crippen LogP contribution is -2.61. The number of nitrogens with one attached hydrogen (secondary N) is 1. The Balaban J connectivity index is 2.71. The third-order valence-corrected chi connectivity index (χ3v) is 4.64. The molecule has 0 aromatic rings. The van der Waals surface area contributed by atoms with Gasteiger partial charge in [0.05, 0.1) is 0 Å². The number of piperazine rings is 1. The summed E-state index contributed by atoms with van der Waals surface area (Å²) >= 11 is 0. The Morgan fingerprint density at radius 2 is 1.78 bits per heavy atom. The molecule has 0 bridgehead atoms. The molecule has 0 aromatic heterocycles. The van der Waals surface area contributed by atoms with Gasteiger partial charge in [-0.05, 0) is 17.8 Å². The molecular formula is C16H34N2. The molecule has 0 spiro atoms. The molecule has 1 aliphatic rings. The minimum atomic E-state index is 0.373. The first kappa shape index (κ1) is 16.0. The third kappa shape index (κ3) is 4.24. The average Bonchev–Trinajstić information content (AvgIpc) is 2.34. The smallest absolute Gasteiger partial charge is 0.0269 e. The van der Waals surface area contributed by atoms with Crippen LogP contribution in [0.3, 0.4) is 0 Å². The van der Waals surface area contributed by atoms with E-state index in [1.54, 1.807) is 0 Å². The molecule has 1 aliphatic heterocycles. The van der Waals surface area contributed by atoms with Crippen LogP contribution in [-0.2, 0) is 0 Å². The Kier molecular flexibility index (Phi) is 6.13. The first-order valence-electron chi connectivity index (χ1n) is 7.89. The molecule has 1 N–H and O–H groups in total. The zero-order valence-corrected chi connectivity index (χ0v) is 13.4. The summed E-state index contributed by atoms with van der Waals surface area (Å²) in [6.45, 7) is 17.8. The zero-order chi connectivity index (χ0) is 13.8. The van der Waals surface area contributed by atoms with Gasteiger partial charge in [-0.25, -0.2) is 0 Å². The predicted molar refractivity (Wildman–Crippen MR) is 81.0 cm³/mol. The highest BCUT2D eigenvalue weighted by atomic mass is 15.2. The SMILES string of the molecule is CCC(CC)CN1CC(CC)NCC1C(C)(C)C. The minimum absolute atomic E-state index is 0.373. The fourth-order valence-corrected chi connectivity index (χ4v) is 3.09. The van der Waals surface area contributed by atoms with E-state index in [9.17, 15) is 0 Å². The van der Waals surface area contributed by atoms with Gasteiger partial charge >= 0.3 is 0 Å². The van der Waals surface area contributed by atoms with E-state index in [-0.39, 0.29) is 0 Å². The van der Waals surface area contributed by atoms with Crippen LogP contribution in [0.1, 0.15) is 60.8 Å². The van der Waals surface area contributed by atoms with Crippen LogP contribution in [0.25, 0.3) is 0 Å². The fourth-order valence-electron chi connectivity index (χ4n) is 3.09. The van der Waals surface area contributed by atoms with Crippen molar-refractivity contribution in [2.45, 2.75) is 72.9 Å². The summed E-state index contributed by atoms with van der Waals surface area (Å²) in [4.78, 5) is 2.77. The van der Waals surface area contributed by atoms with E-state index in [0.717, 1.165) is 12.5 Å². The summed E-state index contributed by atoms with van der Waals surface area (Å²) in [5.41, 5.74) is 0.373. The standard InChI is InChI=1S/C16H34N2/c1-7-13(8-2)11-18-12-14(9-3)17-10-15(18)16(4,5)6/h13-15,17H,7-12H2,1-6H3. The van der Waals surface area contributed by atoms with Crippen LogP contribution in [-0.4, -0.2) is 36.6 Å². The van der Waals surface area contributed by atoms with Gasteiger partial charge in [-0.15, -0.1) is 0 Å².